The van der Waals surface area contributed by atoms with E-state index in [4.69, 9.17) is 9.47 Å². The largest absolute Gasteiger partial charge is 0.444 e. The van der Waals surface area contributed by atoms with Crippen LogP contribution in [0.1, 0.15) is 48.5 Å². The molecule has 2 saturated heterocycles. The van der Waals surface area contributed by atoms with Crippen molar-refractivity contribution in [3.05, 3.63) is 0 Å². The lowest BCUT2D eigenvalue weighted by molar-refractivity contribution is -0.143. The van der Waals surface area contributed by atoms with Gasteiger partial charge in [0.25, 0.3) is 5.91 Å². The maximum atomic E-state index is 13.2. The number of amides is 2. The zero-order valence-electron chi connectivity index (χ0n) is 16.6. The van der Waals surface area contributed by atoms with Crippen molar-refractivity contribution in [2.24, 2.45) is 5.41 Å². The molecule has 0 spiro atoms. The van der Waals surface area contributed by atoms with Gasteiger partial charge in [0.15, 0.2) is 0 Å². The molecular weight excluding hydrogens is 322 g/mol. The van der Waals surface area contributed by atoms with Crippen LogP contribution < -0.4 is 5.32 Å². The van der Waals surface area contributed by atoms with Gasteiger partial charge >= 0.3 is 6.09 Å². The third-order valence-electron chi connectivity index (χ3n) is 4.48. The highest BCUT2D eigenvalue weighted by atomic mass is 16.6. The average Bonchev–Trinajstić information content (AvgIpc) is 2.85. The van der Waals surface area contributed by atoms with Crippen molar-refractivity contribution < 1.29 is 19.1 Å². The molecule has 0 aromatic rings. The van der Waals surface area contributed by atoms with Gasteiger partial charge in [-0.3, -0.25) is 9.69 Å². The van der Waals surface area contributed by atoms with Gasteiger partial charge in [-0.2, -0.15) is 0 Å². The Labute approximate surface area is 151 Å². The lowest BCUT2D eigenvalue weighted by Crippen LogP contribution is -2.63. The lowest BCUT2D eigenvalue weighted by Gasteiger charge is -2.42. The summed E-state index contributed by atoms with van der Waals surface area (Å²) in [4.78, 5) is 29.5. The fourth-order valence-corrected chi connectivity index (χ4v) is 3.26. The summed E-state index contributed by atoms with van der Waals surface area (Å²) >= 11 is 0. The lowest BCUT2D eigenvalue weighted by atomic mass is 9.91. The van der Waals surface area contributed by atoms with Gasteiger partial charge in [-0.1, -0.05) is 20.8 Å². The molecule has 0 radical (unpaired) electrons. The molecule has 2 rings (SSSR count). The van der Waals surface area contributed by atoms with Gasteiger partial charge in [-0.25, -0.2) is 4.79 Å². The minimum Gasteiger partial charge on any atom is -0.444 e. The zero-order valence-corrected chi connectivity index (χ0v) is 16.6. The number of nitrogens with one attached hydrogen (secondary N) is 1. The number of hydrogen-bond donors (Lipinski definition) is 1. The van der Waals surface area contributed by atoms with Crippen LogP contribution in [0.2, 0.25) is 0 Å². The summed E-state index contributed by atoms with van der Waals surface area (Å²) in [6.07, 6.45) is -1.02. The SMILES string of the molecule is CC(C)(C)OC(=O)N1[C@H](C(C)(C)C)OC[C@]1(C)C(=O)N1CCNCC1. The van der Waals surface area contributed by atoms with Crippen molar-refractivity contribution in [3.63, 3.8) is 0 Å². The molecule has 7 heteroatoms. The zero-order chi connectivity index (χ0) is 19.0. The van der Waals surface area contributed by atoms with Crippen LogP contribution in [0.4, 0.5) is 4.79 Å². The normalized spacial score (nSPS) is 28.2. The molecule has 1 N–H and O–H groups in total. The average molecular weight is 355 g/mol. The fourth-order valence-electron chi connectivity index (χ4n) is 3.26. The number of rotatable bonds is 1. The maximum Gasteiger partial charge on any atom is 0.413 e. The first-order chi connectivity index (χ1) is 11.4. The smallest absolute Gasteiger partial charge is 0.413 e. The number of carbonyl (C=O) groups excluding carboxylic acids is 2. The van der Waals surface area contributed by atoms with Crippen LogP contribution in [0.5, 0.6) is 0 Å². The summed E-state index contributed by atoms with van der Waals surface area (Å²) in [7, 11) is 0. The van der Waals surface area contributed by atoms with E-state index >= 15 is 0 Å². The van der Waals surface area contributed by atoms with Gasteiger partial charge in [0.2, 0.25) is 0 Å². The van der Waals surface area contributed by atoms with Gasteiger partial charge in [0, 0.05) is 31.6 Å². The molecule has 2 fully saturated rings. The first-order valence-electron chi connectivity index (χ1n) is 9.00. The van der Waals surface area contributed by atoms with E-state index in [0.29, 0.717) is 13.1 Å². The van der Waals surface area contributed by atoms with E-state index in [9.17, 15) is 9.59 Å². The van der Waals surface area contributed by atoms with Crippen molar-refractivity contribution in [3.8, 4) is 0 Å². The van der Waals surface area contributed by atoms with Crippen molar-refractivity contribution in [2.45, 2.75) is 65.8 Å². The second-order valence-electron chi connectivity index (χ2n) is 9.20. The van der Waals surface area contributed by atoms with Gasteiger partial charge in [0.1, 0.15) is 17.4 Å². The molecule has 0 bridgehead atoms. The van der Waals surface area contributed by atoms with Gasteiger partial charge in [-0.05, 0) is 27.7 Å². The van der Waals surface area contributed by atoms with Crippen molar-refractivity contribution in [1.29, 1.82) is 0 Å². The summed E-state index contributed by atoms with van der Waals surface area (Å²) in [5, 5.41) is 3.24. The predicted octanol–water partition coefficient (Wildman–Crippen LogP) is 1.82. The first-order valence-corrected chi connectivity index (χ1v) is 9.00. The molecular formula is C18H33N3O4. The first kappa shape index (κ1) is 20.0. The highest BCUT2D eigenvalue weighted by Gasteiger charge is 2.57. The topological polar surface area (TPSA) is 71.1 Å². The maximum absolute atomic E-state index is 13.2. The quantitative estimate of drug-likeness (QED) is 0.777. The fraction of sp³-hybridized carbons (Fsp3) is 0.889. The molecule has 2 aliphatic heterocycles. The van der Waals surface area contributed by atoms with Crippen LogP contribution in [0.15, 0.2) is 0 Å². The molecule has 7 nitrogen and oxygen atoms in total. The molecule has 2 amide bonds. The second-order valence-corrected chi connectivity index (χ2v) is 9.20. The summed E-state index contributed by atoms with van der Waals surface area (Å²) in [6, 6.07) is 0. The Hall–Kier alpha value is -1.34. The van der Waals surface area contributed by atoms with Crippen molar-refractivity contribution in [1.82, 2.24) is 15.1 Å². The van der Waals surface area contributed by atoms with E-state index in [2.05, 4.69) is 5.32 Å². The Morgan fingerprint density at radius 2 is 1.68 bits per heavy atom. The molecule has 2 aliphatic rings. The van der Waals surface area contributed by atoms with Gasteiger partial charge < -0.3 is 19.7 Å². The highest BCUT2D eigenvalue weighted by molar-refractivity contribution is 5.90. The van der Waals surface area contributed by atoms with Crippen LogP contribution in [0.25, 0.3) is 0 Å². The minimum absolute atomic E-state index is 0.0772. The van der Waals surface area contributed by atoms with E-state index < -0.39 is 23.5 Å². The summed E-state index contributed by atoms with van der Waals surface area (Å²) < 4.78 is 11.6. The number of hydrogen-bond acceptors (Lipinski definition) is 5. The predicted molar refractivity (Wildman–Crippen MR) is 95.1 cm³/mol. The van der Waals surface area contributed by atoms with Gasteiger partial charge in [0.05, 0.1) is 6.61 Å². The number of nitrogens with zero attached hydrogens (tertiary/aromatic N) is 2. The van der Waals surface area contributed by atoms with E-state index in [0.717, 1.165) is 13.1 Å². The van der Waals surface area contributed by atoms with Crippen LogP contribution >= 0.6 is 0 Å². The molecule has 0 aliphatic carbocycles. The highest BCUT2D eigenvalue weighted by Crippen LogP contribution is 2.39. The summed E-state index contributed by atoms with van der Waals surface area (Å²) in [6.45, 7) is 16.2. The van der Waals surface area contributed by atoms with Crippen molar-refractivity contribution >= 4 is 12.0 Å². The Bertz CT molecular complexity index is 517. The summed E-state index contributed by atoms with van der Waals surface area (Å²) in [5.74, 6) is -0.0772. The van der Waals surface area contributed by atoms with E-state index in [1.807, 2.05) is 46.4 Å². The van der Waals surface area contributed by atoms with Crippen LogP contribution in [-0.4, -0.2) is 72.0 Å². The Morgan fingerprint density at radius 3 is 2.16 bits per heavy atom. The van der Waals surface area contributed by atoms with Crippen LogP contribution in [-0.2, 0) is 14.3 Å². The van der Waals surface area contributed by atoms with E-state index in [1.165, 1.54) is 4.90 Å². The third kappa shape index (κ3) is 4.26. The number of carbonyl (C=O) groups is 2. The Kier molecular flexibility index (Phi) is 5.40. The molecule has 0 saturated carbocycles. The van der Waals surface area contributed by atoms with Crippen LogP contribution in [0.3, 0.4) is 0 Å². The van der Waals surface area contributed by atoms with Crippen molar-refractivity contribution in [2.75, 3.05) is 32.8 Å². The Morgan fingerprint density at radius 1 is 1.12 bits per heavy atom. The monoisotopic (exact) mass is 355 g/mol. The molecule has 0 aromatic heterocycles. The molecule has 2 atom stereocenters. The van der Waals surface area contributed by atoms with Gasteiger partial charge in [-0.15, -0.1) is 0 Å². The van der Waals surface area contributed by atoms with E-state index in [1.54, 1.807) is 6.92 Å². The molecule has 144 valence electrons. The Balaban J connectivity index is 2.33. The minimum atomic E-state index is -1.06. The molecule has 0 unspecified atom stereocenters. The number of ether oxygens (including phenoxy) is 2. The molecule has 25 heavy (non-hydrogen) atoms. The van der Waals surface area contributed by atoms with Crippen LogP contribution in [0, 0.1) is 5.41 Å². The molecule has 2 heterocycles. The summed E-state index contributed by atoms with van der Waals surface area (Å²) in [5.41, 5.74) is -2.03. The third-order valence-corrected chi connectivity index (χ3v) is 4.48. The van der Waals surface area contributed by atoms with E-state index in [-0.39, 0.29) is 17.9 Å². The second kappa shape index (κ2) is 6.76. The number of piperazine rings is 1. The standard InChI is InChI=1S/C18H33N3O4/c1-16(2,3)14-21(15(23)25-17(4,5)6)18(7,12-24-14)13(22)20-10-8-19-9-11-20/h14,19H,8-12H2,1-7H3/t14-,18+/m0/s1. The molecule has 0 aromatic carbocycles.